The summed E-state index contributed by atoms with van der Waals surface area (Å²) in [5, 5.41) is 10.8. The molecule has 0 aromatic heterocycles. The van der Waals surface area contributed by atoms with Gasteiger partial charge in [0.1, 0.15) is 5.82 Å². The lowest BCUT2D eigenvalue weighted by Gasteiger charge is -2.13. The number of nitrogens with zero attached hydrogens (tertiary/aromatic N) is 1. The Hall–Kier alpha value is -1.17. The third-order valence-corrected chi connectivity index (χ3v) is 3.40. The summed E-state index contributed by atoms with van der Waals surface area (Å²) in [5.74, 6) is -0.523. The Morgan fingerprint density at radius 1 is 1.41 bits per heavy atom. The molecule has 1 fully saturated rings. The van der Waals surface area contributed by atoms with E-state index < -0.39 is 10.7 Å². The Kier molecular flexibility index (Phi) is 3.61. The number of halogens is 2. The van der Waals surface area contributed by atoms with Crippen LogP contribution in [0.15, 0.2) is 16.6 Å². The maximum Gasteiger partial charge on any atom is 0.313 e. The van der Waals surface area contributed by atoms with Crippen molar-refractivity contribution < 1.29 is 14.1 Å². The topological polar surface area (TPSA) is 52.4 Å². The summed E-state index contributed by atoms with van der Waals surface area (Å²) >= 11 is 3.00. The van der Waals surface area contributed by atoms with E-state index in [0.717, 1.165) is 31.7 Å². The second-order valence-electron chi connectivity index (χ2n) is 4.02. The zero-order chi connectivity index (χ0) is 12.4. The van der Waals surface area contributed by atoms with Crippen molar-refractivity contribution in [2.24, 2.45) is 0 Å². The van der Waals surface area contributed by atoms with Gasteiger partial charge < -0.3 is 4.74 Å². The van der Waals surface area contributed by atoms with Gasteiger partial charge in [0.15, 0.2) is 5.75 Å². The van der Waals surface area contributed by atoms with E-state index in [1.54, 1.807) is 0 Å². The average molecular weight is 304 g/mol. The Morgan fingerprint density at radius 2 is 2.06 bits per heavy atom. The molecule has 0 amide bonds. The Labute approximate surface area is 106 Å². The fourth-order valence-corrected chi connectivity index (χ4v) is 2.26. The van der Waals surface area contributed by atoms with Crippen molar-refractivity contribution in [3.05, 3.63) is 32.5 Å². The molecule has 6 heteroatoms. The summed E-state index contributed by atoms with van der Waals surface area (Å²) in [7, 11) is 0. The molecule has 0 N–H and O–H groups in total. The normalized spacial score (nSPS) is 16.1. The van der Waals surface area contributed by atoms with Crippen molar-refractivity contribution in [2.75, 3.05) is 0 Å². The second-order valence-corrected chi connectivity index (χ2v) is 4.87. The van der Waals surface area contributed by atoms with Crippen LogP contribution in [0, 0.1) is 15.9 Å². The highest BCUT2D eigenvalue weighted by Crippen LogP contribution is 2.35. The molecule has 1 aromatic rings. The van der Waals surface area contributed by atoms with Crippen LogP contribution in [-0.4, -0.2) is 11.0 Å². The summed E-state index contributed by atoms with van der Waals surface area (Å²) < 4.78 is 19.0. The van der Waals surface area contributed by atoms with Gasteiger partial charge >= 0.3 is 5.69 Å². The SMILES string of the molecule is O=[N+]([O-])c1cc(F)c(Br)cc1OC1CCCC1. The highest BCUT2D eigenvalue weighted by Gasteiger charge is 2.23. The van der Waals surface area contributed by atoms with Crippen molar-refractivity contribution in [2.45, 2.75) is 31.8 Å². The van der Waals surface area contributed by atoms with E-state index in [0.29, 0.717) is 0 Å². The fourth-order valence-electron chi connectivity index (χ4n) is 1.94. The summed E-state index contributed by atoms with van der Waals surface area (Å²) in [5.41, 5.74) is -0.322. The lowest BCUT2D eigenvalue weighted by molar-refractivity contribution is -0.386. The van der Waals surface area contributed by atoms with Gasteiger partial charge in [0.25, 0.3) is 0 Å². The minimum atomic E-state index is -0.657. The Bertz CT molecular complexity index is 447. The molecule has 0 unspecified atom stereocenters. The van der Waals surface area contributed by atoms with Crippen LogP contribution in [0.5, 0.6) is 5.75 Å². The number of benzene rings is 1. The molecule has 0 heterocycles. The van der Waals surface area contributed by atoms with E-state index in [2.05, 4.69) is 15.9 Å². The number of rotatable bonds is 3. The van der Waals surface area contributed by atoms with Crippen LogP contribution in [0.25, 0.3) is 0 Å². The number of nitro groups is 1. The van der Waals surface area contributed by atoms with E-state index in [4.69, 9.17) is 4.74 Å². The van der Waals surface area contributed by atoms with E-state index in [9.17, 15) is 14.5 Å². The molecular formula is C11H11BrFNO3. The number of hydrogen-bond donors (Lipinski definition) is 0. The van der Waals surface area contributed by atoms with Crippen molar-refractivity contribution in [1.29, 1.82) is 0 Å². The van der Waals surface area contributed by atoms with Crippen LogP contribution in [0.2, 0.25) is 0 Å². The first-order valence-corrected chi connectivity index (χ1v) is 6.17. The molecule has 17 heavy (non-hydrogen) atoms. The highest BCUT2D eigenvalue weighted by atomic mass is 79.9. The third-order valence-electron chi connectivity index (χ3n) is 2.79. The molecule has 1 aliphatic carbocycles. The Balaban J connectivity index is 2.29. The molecule has 0 saturated heterocycles. The van der Waals surface area contributed by atoms with Gasteiger partial charge in [0, 0.05) is 6.07 Å². The molecule has 1 saturated carbocycles. The minimum absolute atomic E-state index is 0.00561. The highest BCUT2D eigenvalue weighted by molar-refractivity contribution is 9.10. The van der Waals surface area contributed by atoms with Crippen LogP contribution in [0.4, 0.5) is 10.1 Å². The van der Waals surface area contributed by atoms with E-state index in [1.807, 2.05) is 0 Å². The number of hydrogen-bond acceptors (Lipinski definition) is 3. The number of nitro benzene ring substituents is 1. The fraction of sp³-hybridized carbons (Fsp3) is 0.455. The van der Waals surface area contributed by atoms with Crippen LogP contribution in [-0.2, 0) is 0 Å². The smallest absolute Gasteiger partial charge is 0.313 e. The summed E-state index contributed by atoms with van der Waals surface area (Å²) in [6.07, 6.45) is 3.94. The summed E-state index contributed by atoms with van der Waals surface area (Å²) in [6, 6.07) is 2.21. The lowest BCUT2D eigenvalue weighted by atomic mass is 10.2. The van der Waals surface area contributed by atoms with Crippen LogP contribution < -0.4 is 4.74 Å². The van der Waals surface area contributed by atoms with Crippen molar-refractivity contribution in [3.63, 3.8) is 0 Å². The van der Waals surface area contributed by atoms with Crippen molar-refractivity contribution >= 4 is 21.6 Å². The standard InChI is InChI=1S/C11H11BrFNO3/c12-8-5-11(17-7-3-1-2-4-7)10(14(15)16)6-9(8)13/h5-7H,1-4H2. The molecule has 0 radical (unpaired) electrons. The maximum atomic E-state index is 13.2. The van der Waals surface area contributed by atoms with Gasteiger partial charge in [0.05, 0.1) is 21.6 Å². The molecule has 0 bridgehead atoms. The first-order valence-electron chi connectivity index (χ1n) is 5.38. The van der Waals surface area contributed by atoms with Crippen LogP contribution in [0.1, 0.15) is 25.7 Å². The van der Waals surface area contributed by atoms with E-state index >= 15 is 0 Å². The van der Waals surface area contributed by atoms with Crippen LogP contribution >= 0.6 is 15.9 Å². The summed E-state index contributed by atoms with van der Waals surface area (Å²) in [6.45, 7) is 0. The quantitative estimate of drug-likeness (QED) is 0.630. The first kappa shape index (κ1) is 12.3. The molecular weight excluding hydrogens is 293 g/mol. The van der Waals surface area contributed by atoms with E-state index in [1.165, 1.54) is 6.07 Å². The zero-order valence-corrected chi connectivity index (χ0v) is 10.6. The second kappa shape index (κ2) is 5.00. The molecule has 0 atom stereocenters. The predicted molar refractivity (Wildman–Crippen MR) is 63.6 cm³/mol. The lowest BCUT2D eigenvalue weighted by Crippen LogP contribution is -2.12. The average Bonchev–Trinajstić information content (AvgIpc) is 2.75. The minimum Gasteiger partial charge on any atom is -0.483 e. The third kappa shape index (κ3) is 2.74. The predicted octanol–water partition coefficient (Wildman–Crippen LogP) is 3.82. The van der Waals surface area contributed by atoms with Gasteiger partial charge in [-0.2, -0.15) is 0 Å². The monoisotopic (exact) mass is 303 g/mol. The van der Waals surface area contributed by atoms with E-state index in [-0.39, 0.29) is 22.0 Å². The maximum absolute atomic E-state index is 13.2. The van der Waals surface area contributed by atoms with Gasteiger partial charge in [0.2, 0.25) is 0 Å². The molecule has 92 valence electrons. The Morgan fingerprint density at radius 3 is 2.65 bits per heavy atom. The van der Waals surface area contributed by atoms with Gasteiger partial charge in [-0.15, -0.1) is 0 Å². The van der Waals surface area contributed by atoms with Crippen molar-refractivity contribution in [3.8, 4) is 5.75 Å². The molecule has 0 aliphatic heterocycles. The molecule has 1 aliphatic rings. The van der Waals surface area contributed by atoms with Gasteiger partial charge in [-0.05, 0) is 41.6 Å². The van der Waals surface area contributed by atoms with Gasteiger partial charge in [-0.3, -0.25) is 10.1 Å². The molecule has 0 spiro atoms. The van der Waals surface area contributed by atoms with Gasteiger partial charge in [-0.25, -0.2) is 4.39 Å². The molecule has 2 rings (SSSR count). The first-order chi connectivity index (χ1) is 8.08. The van der Waals surface area contributed by atoms with Crippen LogP contribution in [0.3, 0.4) is 0 Å². The zero-order valence-electron chi connectivity index (χ0n) is 8.99. The summed E-state index contributed by atoms with van der Waals surface area (Å²) in [4.78, 5) is 10.2. The molecule has 1 aromatic carbocycles. The van der Waals surface area contributed by atoms with Crippen molar-refractivity contribution in [1.82, 2.24) is 0 Å². The largest absolute Gasteiger partial charge is 0.483 e. The number of ether oxygens (including phenoxy) is 1. The van der Waals surface area contributed by atoms with Gasteiger partial charge in [-0.1, -0.05) is 0 Å². The molecule has 4 nitrogen and oxygen atoms in total.